The van der Waals surface area contributed by atoms with Crippen LogP contribution in [0.15, 0.2) is 59.1 Å². The standard InChI is InChI=1S/C23H24ClN5S2/c1-4-29(5-2)18-12-10-16(11-13-18)21-26-27-23(28(21)3)31-15-17-14-30-22(25-17)19-8-6-7-9-20(19)24/h6-14H,4-5,15H2,1-3H3. The minimum Gasteiger partial charge on any atom is -0.372 e. The van der Waals surface area contributed by atoms with Gasteiger partial charge in [0.1, 0.15) is 5.01 Å². The molecule has 0 unspecified atom stereocenters. The molecule has 160 valence electrons. The van der Waals surface area contributed by atoms with Crippen molar-refractivity contribution in [2.75, 3.05) is 18.0 Å². The van der Waals surface area contributed by atoms with Gasteiger partial charge in [0.15, 0.2) is 11.0 Å². The molecule has 0 spiro atoms. The van der Waals surface area contributed by atoms with Gasteiger partial charge in [0.2, 0.25) is 0 Å². The molecule has 4 aromatic rings. The second-order valence-corrected chi connectivity index (χ2v) is 9.20. The summed E-state index contributed by atoms with van der Waals surface area (Å²) in [5.74, 6) is 1.59. The molecule has 0 atom stereocenters. The van der Waals surface area contributed by atoms with E-state index in [1.807, 2.05) is 35.9 Å². The van der Waals surface area contributed by atoms with E-state index in [-0.39, 0.29) is 0 Å². The van der Waals surface area contributed by atoms with Gasteiger partial charge >= 0.3 is 0 Å². The summed E-state index contributed by atoms with van der Waals surface area (Å²) >= 11 is 9.55. The maximum absolute atomic E-state index is 6.30. The molecule has 0 radical (unpaired) electrons. The average Bonchev–Trinajstić information content (AvgIpc) is 3.41. The summed E-state index contributed by atoms with van der Waals surface area (Å²) in [6.45, 7) is 6.33. The molecule has 0 saturated heterocycles. The zero-order valence-corrected chi connectivity index (χ0v) is 20.1. The lowest BCUT2D eigenvalue weighted by Crippen LogP contribution is -2.21. The van der Waals surface area contributed by atoms with Crippen molar-refractivity contribution in [1.82, 2.24) is 19.7 Å². The third kappa shape index (κ3) is 4.79. The van der Waals surface area contributed by atoms with Crippen LogP contribution in [-0.2, 0) is 12.8 Å². The monoisotopic (exact) mass is 469 g/mol. The summed E-state index contributed by atoms with van der Waals surface area (Å²) in [6, 6.07) is 16.3. The van der Waals surface area contributed by atoms with E-state index >= 15 is 0 Å². The van der Waals surface area contributed by atoms with Gasteiger partial charge in [-0.1, -0.05) is 41.6 Å². The number of anilines is 1. The summed E-state index contributed by atoms with van der Waals surface area (Å²) in [7, 11) is 2.01. The van der Waals surface area contributed by atoms with E-state index in [0.29, 0.717) is 0 Å². The minimum absolute atomic E-state index is 0.723. The van der Waals surface area contributed by atoms with Gasteiger partial charge in [-0.2, -0.15) is 0 Å². The van der Waals surface area contributed by atoms with E-state index in [2.05, 4.69) is 58.6 Å². The fourth-order valence-corrected chi connectivity index (χ4v) is 5.42. The van der Waals surface area contributed by atoms with Gasteiger partial charge in [0, 0.05) is 48.1 Å². The van der Waals surface area contributed by atoms with Gasteiger partial charge in [-0.25, -0.2) is 4.98 Å². The van der Waals surface area contributed by atoms with Crippen molar-refractivity contribution < 1.29 is 0 Å². The number of nitrogens with zero attached hydrogens (tertiary/aromatic N) is 5. The largest absolute Gasteiger partial charge is 0.372 e. The van der Waals surface area contributed by atoms with Crippen LogP contribution in [0.1, 0.15) is 19.5 Å². The fourth-order valence-electron chi connectivity index (χ4n) is 3.37. The van der Waals surface area contributed by atoms with Crippen LogP contribution in [0.3, 0.4) is 0 Å². The lowest BCUT2D eigenvalue weighted by atomic mass is 10.2. The number of benzene rings is 2. The van der Waals surface area contributed by atoms with Crippen LogP contribution in [0, 0.1) is 0 Å². The van der Waals surface area contributed by atoms with Crippen LogP contribution in [0.4, 0.5) is 5.69 Å². The Labute approximate surface area is 196 Å². The van der Waals surface area contributed by atoms with Gasteiger partial charge in [-0.3, -0.25) is 0 Å². The second-order valence-electron chi connectivity index (χ2n) is 7.00. The SMILES string of the molecule is CCN(CC)c1ccc(-c2nnc(SCc3csc(-c4ccccc4Cl)n3)n2C)cc1. The van der Waals surface area contributed by atoms with Crippen molar-refractivity contribution in [2.24, 2.45) is 7.05 Å². The van der Waals surface area contributed by atoms with Gasteiger partial charge < -0.3 is 9.47 Å². The van der Waals surface area contributed by atoms with Crippen LogP contribution in [-0.4, -0.2) is 32.8 Å². The molecule has 0 aliphatic carbocycles. The van der Waals surface area contributed by atoms with Gasteiger partial charge in [0.25, 0.3) is 0 Å². The maximum atomic E-state index is 6.30. The molecule has 5 nitrogen and oxygen atoms in total. The smallest absolute Gasteiger partial charge is 0.191 e. The number of halogens is 1. The molecule has 0 bridgehead atoms. The molecule has 0 fully saturated rings. The highest BCUT2D eigenvalue weighted by Crippen LogP contribution is 2.32. The molecule has 0 aliphatic rings. The first kappa shape index (κ1) is 21.9. The molecule has 0 amide bonds. The highest BCUT2D eigenvalue weighted by atomic mass is 35.5. The van der Waals surface area contributed by atoms with Crippen LogP contribution in [0.25, 0.3) is 22.0 Å². The van der Waals surface area contributed by atoms with E-state index in [1.165, 1.54) is 5.69 Å². The quantitative estimate of drug-likeness (QED) is 0.279. The van der Waals surface area contributed by atoms with Crippen LogP contribution in [0.2, 0.25) is 5.02 Å². The zero-order chi connectivity index (χ0) is 21.8. The first-order valence-corrected chi connectivity index (χ1v) is 12.4. The van der Waals surface area contributed by atoms with Crippen LogP contribution < -0.4 is 4.90 Å². The Kier molecular flexibility index (Phi) is 6.95. The predicted octanol–water partition coefficient (Wildman–Crippen LogP) is 6.40. The van der Waals surface area contributed by atoms with Crippen molar-refractivity contribution in [3.8, 4) is 22.0 Å². The number of aromatic nitrogens is 4. The molecule has 2 aromatic heterocycles. The summed E-state index contributed by atoms with van der Waals surface area (Å²) in [6.07, 6.45) is 0. The first-order valence-electron chi connectivity index (χ1n) is 10.2. The van der Waals surface area contributed by atoms with Gasteiger partial charge in [0.05, 0.1) is 10.7 Å². The van der Waals surface area contributed by atoms with Gasteiger partial charge in [-0.05, 0) is 44.2 Å². The maximum Gasteiger partial charge on any atom is 0.191 e. The van der Waals surface area contributed by atoms with Crippen molar-refractivity contribution >= 4 is 40.4 Å². The Morgan fingerprint density at radius 3 is 2.48 bits per heavy atom. The lowest BCUT2D eigenvalue weighted by molar-refractivity contribution is 0.793. The summed E-state index contributed by atoms with van der Waals surface area (Å²) < 4.78 is 2.04. The van der Waals surface area contributed by atoms with Crippen LogP contribution >= 0.6 is 34.7 Å². The third-order valence-corrected chi connectivity index (χ3v) is 7.40. The van der Waals surface area contributed by atoms with E-state index in [0.717, 1.165) is 56.7 Å². The Morgan fingerprint density at radius 2 is 1.77 bits per heavy atom. The highest BCUT2D eigenvalue weighted by molar-refractivity contribution is 7.98. The van der Waals surface area contributed by atoms with E-state index in [4.69, 9.17) is 16.6 Å². The van der Waals surface area contributed by atoms with Crippen molar-refractivity contribution in [2.45, 2.75) is 24.8 Å². The van der Waals surface area contributed by atoms with Crippen molar-refractivity contribution in [3.63, 3.8) is 0 Å². The first-order chi connectivity index (χ1) is 15.1. The van der Waals surface area contributed by atoms with Crippen LogP contribution in [0.5, 0.6) is 0 Å². The number of hydrogen-bond acceptors (Lipinski definition) is 6. The molecule has 0 aliphatic heterocycles. The molecular weight excluding hydrogens is 446 g/mol. The zero-order valence-electron chi connectivity index (χ0n) is 17.7. The van der Waals surface area contributed by atoms with Crippen molar-refractivity contribution in [3.05, 3.63) is 64.6 Å². The van der Waals surface area contributed by atoms with E-state index in [9.17, 15) is 0 Å². The normalized spacial score (nSPS) is 11.1. The Hall–Kier alpha value is -2.35. The Morgan fingerprint density at radius 1 is 1.03 bits per heavy atom. The van der Waals surface area contributed by atoms with Crippen molar-refractivity contribution in [1.29, 1.82) is 0 Å². The molecule has 2 aromatic carbocycles. The van der Waals surface area contributed by atoms with E-state index in [1.54, 1.807) is 23.1 Å². The fraction of sp³-hybridized carbons (Fsp3) is 0.261. The number of hydrogen-bond donors (Lipinski definition) is 0. The summed E-state index contributed by atoms with van der Waals surface area (Å²) in [4.78, 5) is 7.07. The minimum atomic E-state index is 0.723. The van der Waals surface area contributed by atoms with E-state index < -0.39 is 0 Å². The number of rotatable bonds is 8. The highest BCUT2D eigenvalue weighted by Gasteiger charge is 2.14. The molecule has 0 saturated carbocycles. The second kappa shape index (κ2) is 9.85. The Balaban J connectivity index is 1.45. The predicted molar refractivity (Wildman–Crippen MR) is 132 cm³/mol. The topological polar surface area (TPSA) is 46.8 Å². The number of thioether (sulfide) groups is 1. The third-order valence-electron chi connectivity index (χ3n) is 5.09. The summed E-state index contributed by atoms with van der Waals surface area (Å²) in [5, 5.41) is 13.4. The van der Waals surface area contributed by atoms with Gasteiger partial charge in [-0.15, -0.1) is 21.5 Å². The molecule has 8 heteroatoms. The molecule has 31 heavy (non-hydrogen) atoms. The molecule has 2 heterocycles. The lowest BCUT2D eigenvalue weighted by Gasteiger charge is -2.21. The molecular formula is C23H24ClN5S2. The molecule has 4 rings (SSSR count). The Bertz CT molecular complexity index is 1150. The molecule has 0 N–H and O–H groups in total. The average molecular weight is 470 g/mol. The number of thiazole rings is 1. The summed E-state index contributed by atoms with van der Waals surface area (Å²) in [5.41, 5.74) is 4.27.